The Labute approximate surface area is 160 Å². The van der Waals surface area contributed by atoms with Crippen LogP contribution in [0.5, 0.6) is 11.5 Å². The maximum atomic E-state index is 10.5. The Balaban J connectivity index is 2.19. The van der Waals surface area contributed by atoms with Gasteiger partial charge in [0.15, 0.2) is 0 Å². The predicted molar refractivity (Wildman–Crippen MR) is 112 cm³/mol. The summed E-state index contributed by atoms with van der Waals surface area (Å²) >= 11 is 4.54. The van der Waals surface area contributed by atoms with E-state index in [0.717, 1.165) is 33.7 Å². The second kappa shape index (κ2) is 7.50. The fourth-order valence-corrected chi connectivity index (χ4v) is 3.55. The summed E-state index contributed by atoms with van der Waals surface area (Å²) in [7, 11) is 3.52. The molecule has 0 radical (unpaired) electrons. The molecule has 3 rings (SSSR count). The summed E-state index contributed by atoms with van der Waals surface area (Å²) in [5, 5.41) is 13.8. The fourth-order valence-electron chi connectivity index (χ4n) is 3.31. The van der Waals surface area contributed by atoms with Crippen molar-refractivity contribution in [2.45, 2.75) is 25.7 Å². The van der Waals surface area contributed by atoms with Crippen LogP contribution in [-0.2, 0) is 0 Å². The van der Waals surface area contributed by atoms with Crippen LogP contribution in [-0.4, -0.2) is 19.3 Å². The van der Waals surface area contributed by atoms with Gasteiger partial charge in [-0.3, -0.25) is 0 Å². The van der Waals surface area contributed by atoms with Crippen molar-refractivity contribution in [3.05, 3.63) is 70.1 Å². The average molecular weight is 368 g/mol. The van der Waals surface area contributed by atoms with Crippen molar-refractivity contribution in [1.29, 1.82) is 0 Å². The predicted octanol–water partition coefficient (Wildman–Crippen LogP) is 5.12. The lowest BCUT2D eigenvalue weighted by atomic mass is 9.95. The summed E-state index contributed by atoms with van der Waals surface area (Å²) in [6.07, 6.45) is 2.43. The first kappa shape index (κ1) is 18.5. The van der Waals surface area contributed by atoms with E-state index in [2.05, 4.69) is 36.7 Å². The molecule has 1 aliphatic rings. The van der Waals surface area contributed by atoms with E-state index in [0.29, 0.717) is 10.8 Å². The Kier molecular flexibility index (Phi) is 5.33. The van der Waals surface area contributed by atoms with E-state index in [1.165, 1.54) is 18.4 Å². The minimum atomic E-state index is 0.246. The molecule has 3 nitrogen and oxygen atoms in total. The van der Waals surface area contributed by atoms with E-state index in [1.807, 2.05) is 32.2 Å². The maximum Gasteiger partial charge on any atom is 0.124 e. The van der Waals surface area contributed by atoms with Crippen LogP contribution in [0.4, 0.5) is 0 Å². The highest BCUT2D eigenvalue weighted by Gasteiger charge is 2.25. The van der Waals surface area contributed by atoms with E-state index in [4.69, 9.17) is 4.74 Å². The van der Waals surface area contributed by atoms with E-state index >= 15 is 0 Å². The molecular formula is C22H25NO2S. The first-order valence-corrected chi connectivity index (χ1v) is 9.19. The molecule has 4 heteroatoms. The van der Waals surface area contributed by atoms with Crippen molar-refractivity contribution in [2.75, 3.05) is 14.2 Å². The zero-order chi connectivity index (χ0) is 18.8. The van der Waals surface area contributed by atoms with Gasteiger partial charge in [0, 0.05) is 23.1 Å². The van der Waals surface area contributed by atoms with Gasteiger partial charge in [-0.1, -0.05) is 18.7 Å². The minimum Gasteiger partial charge on any atom is -0.507 e. The van der Waals surface area contributed by atoms with E-state index in [1.54, 1.807) is 13.2 Å². The van der Waals surface area contributed by atoms with Crippen molar-refractivity contribution >= 4 is 23.9 Å². The molecule has 2 aromatic carbocycles. The molecule has 2 N–H and O–H groups in total. The van der Waals surface area contributed by atoms with Crippen LogP contribution in [0.15, 0.2) is 47.9 Å². The second-order valence-electron chi connectivity index (χ2n) is 6.68. The molecule has 0 saturated heterocycles. The largest absolute Gasteiger partial charge is 0.507 e. The highest BCUT2D eigenvalue weighted by molar-refractivity contribution is 7.85. The molecule has 0 atom stereocenters. The molecule has 0 unspecified atom stereocenters. The Hall–Kier alpha value is -2.33. The topological polar surface area (TPSA) is 41.5 Å². The lowest BCUT2D eigenvalue weighted by Crippen LogP contribution is -2.09. The maximum absolute atomic E-state index is 10.5. The highest BCUT2D eigenvalue weighted by Crippen LogP contribution is 2.43. The van der Waals surface area contributed by atoms with Gasteiger partial charge in [-0.05, 0) is 66.6 Å². The Morgan fingerprint density at radius 2 is 1.96 bits per heavy atom. The third-order valence-electron chi connectivity index (χ3n) is 4.81. The Morgan fingerprint density at radius 3 is 2.50 bits per heavy atom. The lowest BCUT2D eigenvalue weighted by molar-refractivity contribution is 0.411. The third kappa shape index (κ3) is 3.61. The van der Waals surface area contributed by atoms with Crippen molar-refractivity contribution in [2.24, 2.45) is 0 Å². The fraction of sp³-hybridized carbons (Fsp3) is 0.273. The number of ether oxygens (including phenoxy) is 1. The number of allylic oxidation sites excluding steroid dienone is 1. The highest BCUT2D eigenvalue weighted by atomic mass is 32.1. The van der Waals surface area contributed by atoms with Crippen LogP contribution < -0.4 is 10.1 Å². The smallest absolute Gasteiger partial charge is 0.124 e. The number of methoxy groups -OCH3 is 1. The summed E-state index contributed by atoms with van der Waals surface area (Å²) in [6.45, 7) is 6.06. The molecule has 1 fully saturated rings. The van der Waals surface area contributed by atoms with E-state index in [-0.39, 0.29) is 5.75 Å². The molecule has 0 heterocycles. The standard InChI is InChI=1S/C22H25NO2S/c1-13-11-17(8-10-20(13)25-4)21(14(2)26)22(23-3)18-12-16(15-5-6-15)7-9-19(18)24/h7-12,15,23-24,26H,2,5-6H2,1,3-4H3/b22-21+. The van der Waals surface area contributed by atoms with Gasteiger partial charge in [-0.2, -0.15) is 0 Å². The summed E-state index contributed by atoms with van der Waals surface area (Å²) in [6, 6.07) is 11.8. The molecule has 0 aromatic heterocycles. The molecule has 26 heavy (non-hydrogen) atoms. The van der Waals surface area contributed by atoms with Crippen LogP contribution in [0.1, 0.15) is 41.0 Å². The van der Waals surface area contributed by atoms with Crippen molar-refractivity contribution in [3.63, 3.8) is 0 Å². The van der Waals surface area contributed by atoms with Gasteiger partial charge in [0.25, 0.3) is 0 Å². The van der Waals surface area contributed by atoms with Crippen LogP contribution >= 0.6 is 12.6 Å². The zero-order valence-electron chi connectivity index (χ0n) is 15.5. The summed E-state index contributed by atoms with van der Waals surface area (Å²) in [5.74, 6) is 1.69. The van der Waals surface area contributed by atoms with Gasteiger partial charge in [-0.15, -0.1) is 12.6 Å². The van der Waals surface area contributed by atoms with Gasteiger partial charge >= 0.3 is 0 Å². The monoisotopic (exact) mass is 367 g/mol. The third-order valence-corrected chi connectivity index (χ3v) is 5.03. The van der Waals surface area contributed by atoms with Gasteiger partial charge in [0.1, 0.15) is 11.5 Å². The number of aromatic hydroxyl groups is 1. The van der Waals surface area contributed by atoms with Crippen molar-refractivity contribution in [3.8, 4) is 11.5 Å². The number of nitrogens with one attached hydrogen (secondary N) is 1. The molecule has 0 aliphatic heterocycles. The first-order chi connectivity index (χ1) is 12.5. The number of benzene rings is 2. The number of phenols is 1. The number of phenolic OH excluding ortho intramolecular Hbond substituents is 1. The van der Waals surface area contributed by atoms with E-state index in [9.17, 15) is 5.11 Å². The van der Waals surface area contributed by atoms with Crippen LogP contribution in [0, 0.1) is 6.92 Å². The second-order valence-corrected chi connectivity index (χ2v) is 7.22. The number of aryl methyl sites for hydroxylation is 1. The molecule has 2 aromatic rings. The van der Waals surface area contributed by atoms with Crippen LogP contribution in [0.2, 0.25) is 0 Å². The van der Waals surface area contributed by atoms with Crippen molar-refractivity contribution in [1.82, 2.24) is 5.32 Å². The molecule has 1 aliphatic carbocycles. The van der Waals surface area contributed by atoms with E-state index < -0.39 is 0 Å². The quantitative estimate of drug-likeness (QED) is 0.377. The van der Waals surface area contributed by atoms with Gasteiger partial charge in [-0.25, -0.2) is 0 Å². The number of hydrogen-bond donors (Lipinski definition) is 3. The lowest BCUT2D eigenvalue weighted by Gasteiger charge is -2.18. The summed E-state index contributed by atoms with van der Waals surface area (Å²) < 4.78 is 5.37. The van der Waals surface area contributed by atoms with Gasteiger partial charge in [0.2, 0.25) is 0 Å². The average Bonchev–Trinajstić information content (AvgIpc) is 3.45. The molecule has 0 amide bonds. The number of thiol groups is 1. The Bertz CT molecular complexity index is 882. The summed E-state index contributed by atoms with van der Waals surface area (Å²) in [4.78, 5) is 0.634. The normalized spacial score (nSPS) is 14.6. The minimum absolute atomic E-state index is 0.246. The summed E-state index contributed by atoms with van der Waals surface area (Å²) in [5.41, 5.74) is 5.72. The molecule has 136 valence electrons. The van der Waals surface area contributed by atoms with Crippen LogP contribution in [0.3, 0.4) is 0 Å². The molecule has 1 saturated carbocycles. The SMILES string of the molecule is C=C(S)/C(=C(\NC)c1cc(C2CC2)ccc1O)c1ccc(OC)c(C)c1. The Morgan fingerprint density at radius 1 is 1.23 bits per heavy atom. The van der Waals surface area contributed by atoms with Crippen LogP contribution in [0.25, 0.3) is 11.3 Å². The van der Waals surface area contributed by atoms with Crippen molar-refractivity contribution < 1.29 is 9.84 Å². The number of rotatable bonds is 6. The van der Waals surface area contributed by atoms with Gasteiger partial charge < -0.3 is 15.2 Å². The first-order valence-electron chi connectivity index (χ1n) is 8.74. The molecular weight excluding hydrogens is 342 g/mol. The number of hydrogen-bond acceptors (Lipinski definition) is 4. The zero-order valence-corrected chi connectivity index (χ0v) is 16.4. The van der Waals surface area contributed by atoms with Gasteiger partial charge in [0.05, 0.1) is 12.8 Å². The molecule has 0 spiro atoms. The molecule has 0 bridgehead atoms.